The number of aryl methyl sites for hydroxylation is 1. The topological polar surface area (TPSA) is 163 Å². The number of aromatic nitrogens is 5. The van der Waals surface area contributed by atoms with Crippen LogP contribution in [0.3, 0.4) is 0 Å². The van der Waals surface area contributed by atoms with E-state index < -0.39 is 23.5 Å². The summed E-state index contributed by atoms with van der Waals surface area (Å²) in [5, 5.41) is 10.1. The van der Waals surface area contributed by atoms with Crippen molar-refractivity contribution in [1.29, 1.82) is 0 Å². The van der Waals surface area contributed by atoms with Crippen LogP contribution in [0.4, 0.5) is 0 Å². The van der Waals surface area contributed by atoms with Gasteiger partial charge in [0.15, 0.2) is 5.58 Å². The van der Waals surface area contributed by atoms with Crippen LogP contribution in [0.15, 0.2) is 75.8 Å². The Morgan fingerprint density at radius 3 is 2.86 bits per heavy atom. The number of oxazole rings is 1. The lowest BCUT2D eigenvalue weighted by Gasteiger charge is -2.37. The fourth-order valence-corrected chi connectivity index (χ4v) is 6.15. The van der Waals surface area contributed by atoms with Gasteiger partial charge in [0.1, 0.15) is 24.3 Å². The number of carbonyl (C=O) groups excluding carboxylic acids is 3. The highest BCUT2D eigenvalue weighted by molar-refractivity contribution is 5.98. The fraction of sp³-hybridized carbons (Fsp3) is 0.323. The number of hydrogen-bond donors (Lipinski definition) is 2. The lowest BCUT2D eigenvalue weighted by Crippen LogP contribution is -2.42. The van der Waals surface area contributed by atoms with Gasteiger partial charge >= 0.3 is 11.7 Å². The van der Waals surface area contributed by atoms with Gasteiger partial charge in [0.2, 0.25) is 0 Å². The number of amides is 2. The van der Waals surface area contributed by atoms with E-state index in [1.807, 2.05) is 13.0 Å². The second-order valence-electron chi connectivity index (χ2n) is 11.3. The molecule has 1 saturated carbocycles. The molecule has 6 rings (SSSR count). The summed E-state index contributed by atoms with van der Waals surface area (Å²) < 4.78 is 13.1. The zero-order valence-electron chi connectivity index (χ0n) is 24.5. The van der Waals surface area contributed by atoms with Crippen molar-refractivity contribution in [3.05, 3.63) is 94.0 Å². The minimum absolute atomic E-state index is 0.00252. The van der Waals surface area contributed by atoms with Crippen LogP contribution < -0.4 is 16.4 Å². The van der Waals surface area contributed by atoms with Gasteiger partial charge in [-0.2, -0.15) is 14.6 Å². The van der Waals surface area contributed by atoms with E-state index in [-0.39, 0.29) is 47.7 Å². The Kier molecular flexibility index (Phi) is 7.23. The molecular weight excluding hydrogens is 566 g/mol. The van der Waals surface area contributed by atoms with E-state index >= 15 is 0 Å². The molecule has 2 unspecified atom stereocenters. The zero-order valence-corrected chi connectivity index (χ0v) is 24.5. The first kappa shape index (κ1) is 28.8. The summed E-state index contributed by atoms with van der Waals surface area (Å²) in [7, 11) is 1.61. The van der Waals surface area contributed by atoms with Crippen molar-refractivity contribution in [3.63, 3.8) is 0 Å². The zero-order chi connectivity index (χ0) is 31.2. The molecule has 44 heavy (non-hydrogen) atoms. The summed E-state index contributed by atoms with van der Waals surface area (Å²) in [5.41, 5.74) is 3.03. The van der Waals surface area contributed by atoms with Gasteiger partial charge < -0.3 is 19.8 Å². The lowest BCUT2D eigenvalue weighted by molar-refractivity contribution is -0.137. The van der Waals surface area contributed by atoms with Crippen LogP contribution in [0.25, 0.3) is 16.9 Å². The average Bonchev–Trinajstić information content (AvgIpc) is 3.70. The first-order chi connectivity index (χ1) is 21.1. The van der Waals surface area contributed by atoms with Crippen molar-refractivity contribution in [2.24, 2.45) is 18.4 Å². The molecule has 2 amide bonds. The third kappa shape index (κ3) is 4.89. The number of benzene rings is 1. The van der Waals surface area contributed by atoms with E-state index in [0.717, 1.165) is 17.6 Å². The highest BCUT2D eigenvalue weighted by atomic mass is 16.5. The Hall–Kier alpha value is -5.33. The maximum atomic E-state index is 13.7. The molecule has 0 bridgehead atoms. The van der Waals surface area contributed by atoms with E-state index in [9.17, 15) is 19.2 Å². The summed E-state index contributed by atoms with van der Waals surface area (Å²) in [6.45, 7) is 7.91. The van der Waals surface area contributed by atoms with Crippen LogP contribution in [0, 0.1) is 11.3 Å². The molecule has 226 valence electrons. The summed E-state index contributed by atoms with van der Waals surface area (Å²) in [6.07, 6.45) is 7.98. The molecule has 2 N–H and O–H groups in total. The number of ether oxygens (including phenoxy) is 1. The van der Waals surface area contributed by atoms with Gasteiger partial charge in [-0.1, -0.05) is 43.4 Å². The van der Waals surface area contributed by atoms with Crippen LogP contribution in [0.5, 0.6) is 0 Å². The number of fused-ring (bicyclic) bond motifs is 3. The molecule has 1 aromatic carbocycles. The van der Waals surface area contributed by atoms with Crippen molar-refractivity contribution in [1.82, 2.24) is 34.8 Å². The maximum absolute atomic E-state index is 13.7. The SMILES string of the molecule is C=CCOC(=O)C1=C(C)C2(C)CC[C@H](NC(=O)c3cc(C(=O)NCc4ccc5oc(=O)n(C)c5c4)nc4ncnn34)C2C=C1. The third-order valence-electron chi connectivity index (χ3n) is 8.77. The first-order valence-corrected chi connectivity index (χ1v) is 14.2. The molecule has 4 aromatic rings. The number of nitrogens with zero attached hydrogens (tertiary/aromatic N) is 5. The van der Waals surface area contributed by atoms with Crippen molar-refractivity contribution in [2.45, 2.75) is 39.3 Å². The van der Waals surface area contributed by atoms with Gasteiger partial charge in [-0.05, 0) is 42.9 Å². The van der Waals surface area contributed by atoms with Gasteiger partial charge in [0.05, 0.1) is 11.1 Å². The standard InChI is InChI=1S/C31H31N7O6/c1-5-12-43-28(41)19-7-8-20-21(10-11-31(20,3)17(19)2)35-27(40)24-14-22(36-29-33-16-34-38(24)29)26(39)32-15-18-6-9-25-23(13-18)37(4)30(42)44-25/h5-9,13-14,16,20-21H,1,10-12,15H2,2-4H3,(H,32,39)(H,35,40)/t20?,21-,31?/m0/s1. The molecule has 0 saturated heterocycles. The number of carbonyl (C=O) groups is 3. The maximum Gasteiger partial charge on any atom is 0.419 e. The Labute approximate surface area is 251 Å². The Bertz CT molecular complexity index is 1960. The van der Waals surface area contributed by atoms with Crippen LogP contribution in [0.1, 0.15) is 53.2 Å². The minimum Gasteiger partial charge on any atom is -0.458 e. The average molecular weight is 598 g/mol. The molecule has 3 aromatic heterocycles. The smallest absolute Gasteiger partial charge is 0.419 e. The molecule has 2 aliphatic rings. The molecule has 2 aliphatic carbocycles. The molecule has 3 atom stereocenters. The second kappa shape index (κ2) is 11.1. The third-order valence-corrected chi connectivity index (χ3v) is 8.77. The van der Waals surface area contributed by atoms with Crippen LogP contribution in [0.2, 0.25) is 0 Å². The number of allylic oxidation sites excluding steroid dienone is 1. The summed E-state index contributed by atoms with van der Waals surface area (Å²) >= 11 is 0. The predicted molar refractivity (Wildman–Crippen MR) is 158 cm³/mol. The Morgan fingerprint density at radius 1 is 1.25 bits per heavy atom. The molecule has 1 fully saturated rings. The van der Waals surface area contributed by atoms with Crippen molar-refractivity contribution < 1.29 is 23.5 Å². The van der Waals surface area contributed by atoms with Gasteiger partial charge in [-0.25, -0.2) is 14.6 Å². The van der Waals surface area contributed by atoms with Crippen LogP contribution in [-0.2, 0) is 23.1 Å². The normalized spacial score (nSPS) is 21.0. The predicted octanol–water partition coefficient (Wildman–Crippen LogP) is 2.63. The molecule has 13 heteroatoms. The highest BCUT2D eigenvalue weighted by Crippen LogP contribution is 2.52. The monoisotopic (exact) mass is 597 g/mol. The van der Waals surface area contributed by atoms with Crippen molar-refractivity contribution >= 4 is 34.7 Å². The van der Waals surface area contributed by atoms with Crippen molar-refractivity contribution in [3.8, 4) is 0 Å². The number of hydrogen-bond acceptors (Lipinski definition) is 9. The van der Waals surface area contributed by atoms with Gasteiger partial charge in [0.25, 0.3) is 17.6 Å². The molecule has 0 radical (unpaired) electrons. The van der Waals surface area contributed by atoms with E-state index in [1.165, 1.54) is 27.6 Å². The number of esters is 1. The van der Waals surface area contributed by atoms with Crippen molar-refractivity contribution in [2.75, 3.05) is 6.61 Å². The molecule has 3 heterocycles. The minimum atomic E-state index is -0.508. The number of nitrogens with one attached hydrogen (secondary N) is 2. The van der Waals surface area contributed by atoms with E-state index in [4.69, 9.17) is 9.15 Å². The van der Waals surface area contributed by atoms with Gasteiger partial charge in [0, 0.05) is 31.6 Å². The summed E-state index contributed by atoms with van der Waals surface area (Å²) in [5.74, 6) is -1.75. The van der Waals surface area contributed by atoms with E-state index in [2.05, 4.69) is 39.2 Å². The molecular formula is C31H31N7O6. The van der Waals surface area contributed by atoms with E-state index in [0.29, 0.717) is 23.1 Å². The number of rotatable bonds is 8. The first-order valence-electron chi connectivity index (χ1n) is 14.2. The fourth-order valence-electron chi connectivity index (χ4n) is 6.15. The summed E-state index contributed by atoms with van der Waals surface area (Å²) in [4.78, 5) is 59.6. The summed E-state index contributed by atoms with van der Waals surface area (Å²) in [6, 6.07) is 6.34. The highest BCUT2D eigenvalue weighted by Gasteiger charge is 2.48. The quantitative estimate of drug-likeness (QED) is 0.230. The lowest BCUT2D eigenvalue weighted by atomic mass is 9.68. The second-order valence-corrected chi connectivity index (χ2v) is 11.3. The van der Waals surface area contributed by atoms with Gasteiger partial charge in [-0.3, -0.25) is 14.2 Å². The van der Waals surface area contributed by atoms with Crippen LogP contribution in [-0.4, -0.2) is 54.6 Å². The Morgan fingerprint density at radius 2 is 2.07 bits per heavy atom. The largest absolute Gasteiger partial charge is 0.458 e. The van der Waals surface area contributed by atoms with E-state index in [1.54, 1.807) is 31.3 Å². The molecule has 0 aliphatic heterocycles. The molecule has 0 spiro atoms. The Balaban J connectivity index is 1.19. The van der Waals surface area contributed by atoms with Gasteiger partial charge in [-0.15, -0.1) is 0 Å². The molecule has 13 nitrogen and oxygen atoms in total. The van der Waals surface area contributed by atoms with Crippen LogP contribution >= 0.6 is 0 Å².